The number of rotatable bonds is 0. The van der Waals surface area contributed by atoms with Gasteiger partial charge in [0.05, 0.1) is 0 Å². The van der Waals surface area contributed by atoms with Crippen LogP contribution in [0.3, 0.4) is 0 Å². The van der Waals surface area contributed by atoms with E-state index in [9.17, 15) is 0 Å². The Morgan fingerprint density at radius 1 is 1.00 bits per heavy atom. The predicted molar refractivity (Wildman–Crippen MR) is 43.0 cm³/mol. The molecular weight excluding hydrogens is 122 g/mol. The van der Waals surface area contributed by atoms with E-state index in [0.29, 0.717) is 0 Å². The van der Waals surface area contributed by atoms with E-state index < -0.39 is 0 Å². The number of hydrogen-bond acceptors (Lipinski definition) is 1. The molecule has 0 N–H and O–H groups in total. The van der Waals surface area contributed by atoms with E-state index in [-0.39, 0.29) is 0 Å². The number of hydrogen-bond donors (Lipinski definition) is 0. The number of fused-ring (bicyclic) bond motifs is 4. The van der Waals surface area contributed by atoms with Gasteiger partial charge in [-0.25, -0.2) is 0 Å². The Bertz CT molecular complexity index is 114. The summed E-state index contributed by atoms with van der Waals surface area (Å²) in [5.74, 6) is 1.08. The second-order valence-electron chi connectivity index (χ2n) is 3.91. The van der Waals surface area contributed by atoms with Gasteiger partial charge in [0.1, 0.15) is 0 Å². The Hall–Kier alpha value is -0.0400. The number of nitrogens with zero attached hydrogens (tertiary/aromatic N) is 1. The minimum atomic E-state index is 0.882. The first-order valence-electron chi connectivity index (χ1n) is 4.60. The highest BCUT2D eigenvalue weighted by Crippen LogP contribution is 2.29. The lowest BCUT2D eigenvalue weighted by molar-refractivity contribution is 0.179. The molecule has 58 valence electrons. The normalized spacial score (nSPS) is 47.1. The highest BCUT2D eigenvalue weighted by molar-refractivity contribution is 4.81. The van der Waals surface area contributed by atoms with Gasteiger partial charge >= 0.3 is 0 Å². The van der Waals surface area contributed by atoms with Crippen LogP contribution in [-0.2, 0) is 0 Å². The molecule has 3 heterocycles. The molecule has 3 aliphatic rings. The average molecular weight is 139 g/mol. The second kappa shape index (κ2) is 2.54. The van der Waals surface area contributed by atoms with Crippen molar-refractivity contribution in [2.75, 3.05) is 13.1 Å². The van der Waals surface area contributed by atoms with E-state index in [2.05, 4.69) is 11.8 Å². The van der Waals surface area contributed by atoms with Crippen molar-refractivity contribution in [1.29, 1.82) is 0 Å². The van der Waals surface area contributed by atoms with E-state index >= 15 is 0 Å². The highest BCUT2D eigenvalue weighted by Gasteiger charge is 2.26. The zero-order valence-electron chi connectivity index (χ0n) is 6.84. The standard InChI is InChI=1S/C9H17N/c1-8-2-3-9-4-6-10(8)7-5-9/h8-9H,2-7H2,1H3/t8-/m0/s1. The van der Waals surface area contributed by atoms with Gasteiger partial charge in [0.15, 0.2) is 0 Å². The van der Waals surface area contributed by atoms with Crippen LogP contribution in [0.2, 0.25) is 0 Å². The van der Waals surface area contributed by atoms with Crippen molar-refractivity contribution >= 4 is 0 Å². The van der Waals surface area contributed by atoms with E-state index in [4.69, 9.17) is 0 Å². The molecule has 3 saturated heterocycles. The molecule has 0 radical (unpaired) electrons. The van der Waals surface area contributed by atoms with Crippen molar-refractivity contribution in [2.24, 2.45) is 5.92 Å². The molecule has 0 aromatic heterocycles. The third-order valence-electron chi connectivity index (χ3n) is 3.27. The van der Waals surface area contributed by atoms with Gasteiger partial charge < -0.3 is 4.90 Å². The van der Waals surface area contributed by atoms with Crippen molar-refractivity contribution in [3.8, 4) is 0 Å². The lowest BCUT2D eigenvalue weighted by Gasteiger charge is -2.30. The maximum absolute atomic E-state index is 2.66. The Morgan fingerprint density at radius 3 is 2.40 bits per heavy atom. The summed E-state index contributed by atoms with van der Waals surface area (Å²) < 4.78 is 0. The van der Waals surface area contributed by atoms with E-state index in [1.54, 1.807) is 0 Å². The molecule has 0 amide bonds. The van der Waals surface area contributed by atoms with Crippen molar-refractivity contribution in [3.63, 3.8) is 0 Å². The van der Waals surface area contributed by atoms with Gasteiger partial charge in [-0.2, -0.15) is 0 Å². The molecule has 3 aliphatic heterocycles. The van der Waals surface area contributed by atoms with Crippen LogP contribution in [0.15, 0.2) is 0 Å². The average Bonchev–Trinajstić information content (AvgIpc) is 2.24. The van der Waals surface area contributed by atoms with Crippen molar-refractivity contribution in [2.45, 2.75) is 38.6 Å². The van der Waals surface area contributed by atoms with Crippen molar-refractivity contribution < 1.29 is 0 Å². The summed E-state index contributed by atoms with van der Waals surface area (Å²) in [7, 11) is 0. The van der Waals surface area contributed by atoms with Crippen LogP contribution in [0.4, 0.5) is 0 Å². The molecule has 1 atom stereocenters. The van der Waals surface area contributed by atoms with E-state index in [1.165, 1.54) is 38.8 Å². The van der Waals surface area contributed by atoms with Gasteiger partial charge in [0, 0.05) is 6.04 Å². The molecule has 0 saturated carbocycles. The van der Waals surface area contributed by atoms with Gasteiger partial charge in [-0.3, -0.25) is 0 Å². The minimum absolute atomic E-state index is 0.882. The van der Waals surface area contributed by atoms with Crippen LogP contribution in [0.1, 0.15) is 32.6 Å². The Labute approximate surface area is 63.4 Å². The first-order chi connectivity index (χ1) is 4.86. The molecule has 0 aromatic carbocycles. The first-order valence-corrected chi connectivity index (χ1v) is 4.60. The fraction of sp³-hybridized carbons (Fsp3) is 1.00. The molecule has 3 rings (SSSR count). The van der Waals surface area contributed by atoms with Gasteiger partial charge in [0.2, 0.25) is 0 Å². The molecule has 0 aliphatic carbocycles. The van der Waals surface area contributed by atoms with Gasteiger partial charge in [0.25, 0.3) is 0 Å². The molecule has 0 spiro atoms. The number of piperidine rings is 1. The lowest BCUT2D eigenvalue weighted by Crippen LogP contribution is -2.35. The summed E-state index contributed by atoms with van der Waals surface area (Å²) in [5, 5.41) is 0. The quantitative estimate of drug-likeness (QED) is 0.495. The van der Waals surface area contributed by atoms with Crippen LogP contribution in [0.25, 0.3) is 0 Å². The molecule has 0 unspecified atom stereocenters. The zero-order valence-corrected chi connectivity index (χ0v) is 6.84. The Morgan fingerprint density at radius 2 is 1.70 bits per heavy atom. The summed E-state index contributed by atoms with van der Waals surface area (Å²) in [6.45, 7) is 5.14. The van der Waals surface area contributed by atoms with Crippen LogP contribution in [0.5, 0.6) is 0 Å². The highest BCUT2D eigenvalue weighted by atomic mass is 15.2. The van der Waals surface area contributed by atoms with Crippen molar-refractivity contribution in [3.05, 3.63) is 0 Å². The lowest BCUT2D eigenvalue weighted by atomic mass is 9.95. The molecule has 1 nitrogen and oxygen atoms in total. The maximum atomic E-state index is 2.66. The topological polar surface area (TPSA) is 3.24 Å². The Balaban J connectivity index is 2.07. The fourth-order valence-corrected chi connectivity index (χ4v) is 2.34. The van der Waals surface area contributed by atoms with E-state index in [1.807, 2.05) is 0 Å². The first kappa shape index (κ1) is 6.66. The van der Waals surface area contributed by atoms with Crippen LogP contribution in [0, 0.1) is 5.92 Å². The predicted octanol–water partition coefficient (Wildman–Crippen LogP) is 1.88. The van der Waals surface area contributed by atoms with Gasteiger partial charge in [-0.1, -0.05) is 0 Å². The van der Waals surface area contributed by atoms with E-state index in [0.717, 1.165) is 12.0 Å². The third-order valence-corrected chi connectivity index (χ3v) is 3.27. The molecule has 2 bridgehead atoms. The van der Waals surface area contributed by atoms with Gasteiger partial charge in [-0.05, 0) is 51.6 Å². The minimum Gasteiger partial charge on any atom is -0.301 e. The summed E-state index contributed by atoms with van der Waals surface area (Å²) in [6, 6.07) is 0.882. The summed E-state index contributed by atoms with van der Waals surface area (Å²) in [6.07, 6.45) is 5.90. The largest absolute Gasteiger partial charge is 0.301 e. The molecule has 0 aromatic rings. The van der Waals surface area contributed by atoms with Crippen LogP contribution >= 0.6 is 0 Å². The molecular formula is C9H17N. The Kier molecular flexibility index (Phi) is 1.69. The fourth-order valence-electron chi connectivity index (χ4n) is 2.34. The smallest absolute Gasteiger partial charge is 0.00670 e. The zero-order chi connectivity index (χ0) is 6.97. The van der Waals surface area contributed by atoms with Crippen LogP contribution in [-0.4, -0.2) is 24.0 Å². The summed E-state index contributed by atoms with van der Waals surface area (Å²) in [5.41, 5.74) is 0. The van der Waals surface area contributed by atoms with Gasteiger partial charge in [-0.15, -0.1) is 0 Å². The second-order valence-corrected chi connectivity index (χ2v) is 3.91. The maximum Gasteiger partial charge on any atom is 0.00670 e. The summed E-state index contributed by atoms with van der Waals surface area (Å²) in [4.78, 5) is 2.66. The molecule has 10 heavy (non-hydrogen) atoms. The van der Waals surface area contributed by atoms with Crippen molar-refractivity contribution in [1.82, 2.24) is 4.90 Å². The molecule has 1 heteroatoms. The monoisotopic (exact) mass is 139 g/mol. The third kappa shape index (κ3) is 1.07. The molecule has 3 fully saturated rings. The SMILES string of the molecule is C[C@H]1CCC2CCN1CC2. The summed E-state index contributed by atoms with van der Waals surface area (Å²) >= 11 is 0. The van der Waals surface area contributed by atoms with Crippen LogP contribution < -0.4 is 0 Å².